The van der Waals surface area contributed by atoms with Gasteiger partial charge in [0, 0.05) is 29.9 Å². The molecule has 0 atom stereocenters. The minimum Gasteiger partial charge on any atom is -0.340 e. The topological polar surface area (TPSA) is 49.8 Å². The van der Waals surface area contributed by atoms with E-state index in [2.05, 4.69) is 20.6 Å². The maximum absolute atomic E-state index is 5.84. The molecular weight excluding hydrogens is 248 g/mol. The van der Waals surface area contributed by atoms with Crippen molar-refractivity contribution in [3.63, 3.8) is 0 Å². The van der Waals surface area contributed by atoms with Gasteiger partial charge in [-0.05, 0) is 37.4 Å². The molecule has 2 aromatic rings. The molecule has 0 amide bonds. The molecule has 18 heavy (non-hydrogen) atoms. The molecule has 0 aliphatic rings. The second kappa shape index (κ2) is 6.33. The fraction of sp³-hybridized carbons (Fsp3) is 0.231. The number of anilines is 2. The molecule has 2 N–H and O–H groups in total. The van der Waals surface area contributed by atoms with Crippen LogP contribution in [0.4, 0.5) is 11.5 Å². The molecule has 1 aromatic heterocycles. The summed E-state index contributed by atoms with van der Waals surface area (Å²) in [6.07, 6.45) is 2.57. The number of rotatable bonds is 5. The summed E-state index contributed by atoms with van der Waals surface area (Å²) in [4.78, 5) is 8.65. The van der Waals surface area contributed by atoms with E-state index in [1.807, 2.05) is 37.4 Å². The molecular formula is C13H15ClN4. The Bertz CT molecular complexity index is 499. The highest BCUT2D eigenvalue weighted by atomic mass is 35.5. The van der Waals surface area contributed by atoms with Crippen molar-refractivity contribution in [3.05, 3.63) is 47.4 Å². The third-order valence-electron chi connectivity index (χ3n) is 2.42. The van der Waals surface area contributed by atoms with E-state index in [1.165, 1.54) is 0 Å². The number of nitrogens with zero attached hydrogens (tertiary/aromatic N) is 2. The molecule has 2 rings (SSSR count). The molecule has 0 fully saturated rings. The summed E-state index contributed by atoms with van der Waals surface area (Å²) in [6.45, 7) is 0.865. The Morgan fingerprint density at radius 1 is 1.17 bits per heavy atom. The Kier molecular flexibility index (Phi) is 4.50. The van der Waals surface area contributed by atoms with Crippen LogP contribution in [-0.4, -0.2) is 23.6 Å². The average Bonchev–Trinajstić information content (AvgIpc) is 2.40. The van der Waals surface area contributed by atoms with E-state index in [4.69, 9.17) is 11.6 Å². The third-order valence-corrected chi connectivity index (χ3v) is 2.67. The highest BCUT2D eigenvalue weighted by Gasteiger charge is 1.99. The van der Waals surface area contributed by atoms with E-state index in [-0.39, 0.29) is 0 Å². The predicted molar refractivity (Wildman–Crippen MR) is 74.4 cm³/mol. The van der Waals surface area contributed by atoms with Crippen LogP contribution >= 0.6 is 11.6 Å². The van der Waals surface area contributed by atoms with Crippen molar-refractivity contribution < 1.29 is 0 Å². The van der Waals surface area contributed by atoms with Gasteiger partial charge in [0.2, 0.25) is 0 Å². The molecule has 0 aliphatic carbocycles. The highest BCUT2D eigenvalue weighted by molar-refractivity contribution is 6.30. The lowest BCUT2D eigenvalue weighted by Gasteiger charge is -2.07. The molecule has 0 saturated carbocycles. The molecule has 94 valence electrons. The lowest BCUT2D eigenvalue weighted by atomic mass is 10.3. The van der Waals surface area contributed by atoms with Crippen molar-refractivity contribution in [1.29, 1.82) is 0 Å². The number of aromatic nitrogens is 2. The molecule has 0 radical (unpaired) electrons. The van der Waals surface area contributed by atoms with E-state index >= 15 is 0 Å². The Labute approximate surface area is 111 Å². The summed E-state index contributed by atoms with van der Waals surface area (Å²) in [6, 6.07) is 9.35. The fourth-order valence-electron chi connectivity index (χ4n) is 1.51. The van der Waals surface area contributed by atoms with Crippen LogP contribution in [0.2, 0.25) is 5.02 Å². The number of likely N-dealkylation sites (N-methyl/N-ethyl adjacent to an activating group) is 1. The van der Waals surface area contributed by atoms with E-state index in [0.29, 0.717) is 0 Å². The summed E-state index contributed by atoms with van der Waals surface area (Å²) >= 11 is 5.84. The number of benzene rings is 1. The molecule has 4 nitrogen and oxygen atoms in total. The lowest BCUT2D eigenvalue weighted by Crippen LogP contribution is -2.12. The van der Waals surface area contributed by atoms with Gasteiger partial charge in [-0.2, -0.15) is 0 Å². The highest BCUT2D eigenvalue weighted by Crippen LogP contribution is 2.17. The first-order valence-electron chi connectivity index (χ1n) is 5.77. The van der Waals surface area contributed by atoms with Crippen LogP contribution in [0.1, 0.15) is 5.82 Å². The zero-order valence-electron chi connectivity index (χ0n) is 10.2. The molecule has 0 spiro atoms. The van der Waals surface area contributed by atoms with Gasteiger partial charge in [-0.25, -0.2) is 9.97 Å². The average molecular weight is 263 g/mol. The second-order valence-corrected chi connectivity index (χ2v) is 4.28. The largest absolute Gasteiger partial charge is 0.340 e. The molecule has 1 heterocycles. The van der Waals surface area contributed by atoms with Gasteiger partial charge in [0.05, 0.1) is 0 Å². The first-order chi connectivity index (χ1) is 8.78. The van der Waals surface area contributed by atoms with E-state index < -0.39 is 0 Å². The standard InChI is InChI=1S/C13H15ClN4/c1-15-8-6-12-16-9-7-13(18-12)17-11-4-2-10(14)3-5-11/h2-5,7,9,15H,6,8H2,1H3,(H,16,17,18). The number of halogens is 1. The van der Waals surface area contributed by atoms with Crippen molar-refractivity contribution in [2.75, 3.05) is 18.9 Å². The summed E-state index contributed by atoms with van der Waals surface area (Å²) in [5.74, 6) is 1.61. The fourth-order valence-corrected chi connectivity index (χ4v) is 1.63. The third kappa shape index (κ3) is 3.68. The van der Waals surface area contributed by atoms with E-state index in [1.54, 1.807) is 6.20 Å². The van der Waals surface area contributed by atoms with E-state index in [9.17, 15) is 0 Å². The summed E-state index contributed by atoms with van der Waals surface area (Å²) < 4.78 is 0. The van der Waals surface area contributed by atoms with Crippen molar-refractivity contribution >= 4 is 23.1 Å². The van der Waals surface area contributed by atoms with Crippen molar-refractivity contribution in [2.45, 2.75) is 6.42 Å². The summed E-state index contributed by atoms with van der Waals surface area (Å²) in [5, 5.41) is 7.01. The van der Waals surface area contributed by atoms with Gasteiger partial charge in [-0.3, -0.25) is 0 Å². The van der Waals surface area contributed by atoms with Gasteiger partial charge in [0.1, 0.15) is 11.6 Å². The Morgan fingerprint density at radius 3 is 2.67 bits per heavy atom. The Morgan fingerprint density at radius 2 is 1.94 bits per heavy atom. The van der Waals surface area contributed by atoms with Crippen LogP contribution in [-0.2, 0) is 6.42 Å². The van der Waals surface area contributed by atoms with Crippen LogP contribution in [0.15, 0.2) is 36.5 Å². The zero-order chi connectivity index (χ0) is 12.8. The van der Waals surface area contributed by atoms with Crippen molar-refractivity contribution in [2.24, 2.45) is 0 Å². The number of hydrogen-bond donors (Lipinski definition) is 2. The van der Waals surface area contributed by atoms with Gasteiger partial charge in [0.15, 0.2) is 0 Å². The molecule has 5 heteroatoms. The molecule has 1 aromatic carbocycles. The second-order valence-electron chi connectivity index (χ2n) is 3.84. The monoisotopic (exact) mass is 262 g/mol. The Balaban J connectivity index is 2.06. The summed E-state index contributed by atoms with van der Waals surface area (Å²) in [7, 11) is 1.91. The normalized spacial score (nSPS) is 10.3. The first-order valence-corrected chi connectivity index (χ1v) is 6.15. The minimum absolute atomic E-state index is 0.720. The van der Waals surface area contributed by atoms with E-state index in [0.717, 1.165) is 35.3 Å². The quantitative estimate of drug-likeness (QED) is 0.870. The van der Waals surface area contributed by atoms with Gasteiger partial charge in [-0.1, -0.05) is 11.6 Å². The smallest absolute Gasteiger partial charge is 0.134 e. The van der Waals surface area contributed by atoms with Crippen LogP contribution in [0, 0.1) is 0 Å². The van der Waals surface area contributed by atoms with Gasteiger partial charge < -0.3 is 10.6 Å². The zero-order valence-corrected chi connectivity index (χ0v) is 10.9. The molecule has 0 bridgehead atoms. The maximum Gasteiger partial charge on any atom is 0.134 e. The van der Waals surface area contributed by atoms with Gasteiger partial charge in [-0.15, -0.1) is 0 Å². The van der Waals surface area contributed by atoms with Crippen molar-refractivity contribution in [1.82, 2.24) is 15.3 Å². The summed E-state index contributed by atoms with van der Waals surface area (Å²) in [5.41, 5.74) is 0.956. The SMILES string of the molecule is CNCCc1nccc(Nc2ccc(Cl)cc2)n1. The van der Waals surface area contributed by atoms with Crippen LogP contribution < -0.4 is 10.6 Å². The van der Waals surface area contributed by atoms with Crippen LogP contribution in [0.25, 0.3) is 0 Å². The maximum atomic E-state index is 5.84. The minimum atomic E-state index is 0.720. The molecule has 0 saturated heterocycles. The van der Waals surface area contributed by atoms with Gasteiger partial charge in [0.25, 0.3) is 0 Å². The number of hydrogen-bond acceptors (Lipinski definition) is 4. The molecule has 0 unspecified atom stereocenters. The first kappa shape index (κ1) is 12.8. The van der Waals surface area contributed by atoms with Crippen LogP contribution in [0.5, 0.6) is 0 Å². The molecule has 0 aliphatic heterocycles. The van der Waals surface area contributed by atoms with Crippen LogP contribution in [0.3, 0.4) is 0 Å². The van der Waals surface area contributed by atoms with Gasteiger partial charge >= 0.3 is 0 Å². The Hall–Kier alpha value is -1.65. The van der Waals surface area contributed by atoms with Crippen molar-refractivity contribution in [3.8, 4) is 0 Å². The lowest BCUT2D eigenvalue weighted by molar-refractivity contribution is 0.756. The predicted octanol–water partition coefficient (Wildman–Crippen LogP) is 2.64. The number of nitrogens with one attached hydrogen (secondary N) is 2.